The molecular formula is C20H22N8O. The third-order valence-corrected chi connectivity index (χ3v) is 5.43. The number of pyridine rings is 1. The van der Waals surface area contributed by atoms with Crippen molar-refractivity contribution in [2.45, 2.75) is 32.2 Å². The average molecular weight is 390 g/mol. The normalized spacial score (nSPS) is 16.2. The number of hydrogen-bond donors (Lipinski definition) is 1. The molecule has 0 saturated carbocycles. The average Bonchev–Trinajstić information content (AvgIpc) is 3.50. The van der Waals surface area contributed by atoms with Gasteiger partial charge in [0.25, 0.3) is 5.89 Å². The predicted molar refractivity (Wildman–Crippen MR) is 106 cm³/mol. The topological polar surface area (TPSA) is 99.5 Å². The number of nitrogens with zero attached hydrogens (tertiary/aromatic N) is 7. The summed E-state index contributed by atoms with van der Waals surface area (Å²) in [5, 5.41) is 16.6. The highest BCUT2D eigenvalue weighted by Crippen LogP contribution is 2.34. The standard InChI is InChI=1S/C20H22N8O/c1-14-12-15(2)28(25-14)17-5-4-16(13-22-17)18-24-19(29-26-18)20(6-9-21-10-7-20)27-11-3-8-23-27/h3-5,8,11-13,21H,6-7,9-10H2,1-2H3. The molecule has 1 N–H and O–H groups in total. The van der Waals surface area contributed by atoms with Gasteiger partial charge in [0.05, 0.1) is 5.69 Å². The molecule has 0 bridgehead atoms. The fraction of sp³-hybridized carbons (Fsp3) is 0.350. The zero-order valence-corrected chi connectivity index (χ0v) is 16.4. The minimum Gasteiger partial charge on any atom is -0.336 e. The van der Waals surface area contributed by atoms with Crippen LogP contribution in [0, 0.1) is 13.8 Å². The van der Waals surface area contributed by atoms with Crippen LogP contribution >= 0.6 is 0 Å². The van der Waals surface area contributed by atoms with Crippen LogP contribution < -0.4 is 5.32 Å². The van der Waals surface area contributed by atoms with Crippen molar-refractivity contribution >= 4 is 0 Å². The third-order valence-electron chi connectivity index (χ3n) is 5.43. The maximum Gasteiger partial charge on any atom is 0.255 e. The number of aromatic nitrogens is 7. The molecule has 5 heterocycles. The summed E-state index contributed by atoms with van der Waals surface area (Å²) in [4.78, 5) is 9.27. The molecule has 0 aromatic carbocycles. The Hall–Kier alpha value is -3.33. The fourth-order valence-electron chi connectivity index (χ4n) is 3.94. The summed E-state index contributed by atoms with van der Waals surface area (Å²) in [6.07, 6.45) is 7.17. The van der Waals surface area contributed by atoms with Crippen molar-refractivity contribution < 1.29 is 4.52 Å². The predicted octanol–water partition coefficient (Wildman–Crippen LogP) is 2.26. The zero-order valence-electron chi connectivity index (χ0n) is 16.4. The second-order valence-electron chi connectivity index (χ2n) is 7.40. The Morgan fingerprint density at radius 3 is 2.69 bits per heavy atom. The number of aryl methyl sites for hydroxylation is 2. The van der Waals surface area contributed by atoms with E-state index in [-0.39, 0.29) is 0 Å². The lowest BCUT2D eigenvalue weighted by molar-refractivity contribution is 0.172. The molecule has 29 heavy (non-hydrogen) atoms. The first kappa shape index (κ1) is 17.7. The zero-order chi connectivity index (χ0) is 19.8. The molecule has 0 radical (unpaired) electrons. The van der Waals surface area contributed by atoms with Crippen molar-refractivity contribution in [1.29, 1.82) is 0 Å². The van der Waals surface area contributed by atoms with E-state index in [1.54, 1.807) is 12.4 Å². The molecule has 4 aromatic rings. The van der Waals surface area contributed by atoms with Crippen molar-refractivity contribution in [3.63, 3.8) is 0 Å². The number of rotatable bonds is 4. The Labute approximate surface area is 167 Å². The second kappa shape index (κ2) is 6.93. The van der Waals surface area contributed by atoms with E-state index in [1.165, 1.54) is 0 Å². The largest absolute Gasteiger partial charge is 0.336 e. The molecule has 1 aliphatic heterocycles. The van der Waals surface area contributed by atoms with Gasteiger partial charge in [0.1, 0.15) is 5.54 Å². The summed E-state index contributed by atoms with van der Waals surface area (Å²) in [7, 11) is 0. The van der Waals surface area contributed by atoms with Crippen LogP contribution in [-0.4, -0.2) is 47.8 Å². The summed E-state index contributed by atoms with van der Waals surface area (Å²) in [6, 6.07) is 7.80. The highest BCUT2D eigenvalue weighted by atomic mass is 16.5. The third kappa shape index (κ3) is 3.03. The number of piperidine rings is 1. The van der Waals surface area contributed by atoms with E-state index in [4.69, 9.17) is 9.51 Å². The van der Waals surface area contributed by atoms with Crippen LogP contribution in [0.15, 0.2) is 47.4 Å². The van der Waals surface area contributed by atoms with Crippen LogP contribution in [0.1, 0.15) is 30.1 Å². The van der Waals surface area contributed by atoms with Crippen LogP contribution in [0.2, 0.25) is 0 Å². The van der Waals surface area contributed by atoms with Crippen molar-refractivity contribution in [3.8, 4) is 17.2 Å². The maximum absolute atomic E-state index is 5.73. The molecule has 9 nitrogen and oxygen atoms in total. The molecular weight excluding hydrogens is 368 g/mol. The maximum atomic E-state index is 5.73. The Balaban J connectivity index is 1.47. The van der Waals surface area contributed by atoms with Gasteiger partial charge < -0.3 is 9.84 Å². The molecule has 1 aliphatic rings. The van der Waals surface area contributed by atoms with Crippen LogP contribution in [0.25, 0.3) is 17.2 Å². The first-order valence-electron chi connectivity index (χ1n) is 9.71. The van der Waals surface area contributed by atoms with E-state index in [9.17, 15) is 0 Å². The molecule has 0 spiro atoms. The molecule has 9 heteroatoms. The van der Waals surface area contributed by atoms with Crippen molar-refractivity contribution in [1.82, 2.24) is 40.0 Å². The first-order chi connectivity index (χ1) is 14.2. The summed E-state index contributed by atoms with van der Waals surface area (Å²) in [5.74, 6) is 1.87. The Bertz CT molecular complexity index is 1100. The summed E-state index contributed by atoms with van der Waals surface area (Å²) < 4.78 is 9.49. The highest BCUT2D eigenvalue weighted by Gasteiger charge is 2.41. The highest BCUT2D eigenvalue weighted by molar-refractivity contribution is 5.54. The lowest BCUT2D eigenvalue weighted by atomic mass is 9.88. The van der Waals surface area contributed by atoms with Crippen LogP contribution in [-0.2, 0) is 5.54 Å². The molecule has 0 aliphatic carbocycles. The van der Waals surface area contributed by atoms with Crippen LogP contribution in [0.4, 0.5) is 0 Å². The van der Waals surface area contributed by atoms with Gasteiger partial charge in [-0.2, -0.15) is 15.2 Å². The SMILES string of the molecule is Cc1cc(C)n(-c2ccc(-c3noc(C4(n5cccn5)CCNCC4)n3)cn2)n1. The van der Waals surface area contributed by atoms with Gasteiger partial charge in [-0.25, -0.2) is 9.67 Å². The summed E-state index contributed by atoms with van der Waals surface area (Å²) in [5.41, 5.74) is 2.38. The van der Waals surface area contributed by atoms with Crippen LogP contribution in [0.5, 0.6) is 0 Å². The van der Waals surface area contributed by atoms with E-state index in [1.807, 2.05) is 53.7 Å². The van der Waals surface area contributed by atoms with Crippen molar-refractivity contribution in [2.75, 3.05) is 13.1 Å². The van der Waals surface area contributed by atoms with E-state index in [0.29, 0.717) is 11.7 Å². The van der Waals surface area contributed by atoms with E-state index in [0.717, 1.165) is 48.7 Å². The quantitative estimate of drug-likeness (QED) is 0.570. The van der Waals surface area contributed by atoms with Gasteiger partial charge >= 0.3 is 0 Å². The molecule has 0 atom stereocenters. The van der Waals surface area contributed by atoms with E-state index in [2.05, 4.69) is 25.7 Å². The van der Waals surface area contributed by atoms with Gasteiger partial charge in [-0.1, -0.05) is 5.16 Å². The van der Waals surface area contributed by atoms with E-state index >= 15 is 0 Å². The summed E-state index contributed by atoms with van der Waals surface area (Å²) >= 11 is 0. The minimum atomic E-state index is -0.420. The van der Waals surface area contributed by atoms with Gasteiger partial charge in [-0.05, 0) is 64.0 Å². The van der Waals surface area contributed by atoms with Gasteiger partial charge in [0, 0.05) is 29.8 Å². The van der Waals surface area contributed by atoms with Gasteiger partial charge in [0.15, 0.2) is 5.82 Å². The van der Waals surface area contributed by atoms with Gasteiger partial charge in [-0.3, -0.25) is 4.68 Å². The monoisotopic (exact) mass is 390 g/mol. The lowest BCUT2D eigenvalue weighted by Crippen LogP contribution is -2.45. The van der Waals surface area contributed by atoms with Crippen molar-refractivity contribution in [2.24, 2.45) is 0 Å². The molecule has 0 unspecified atom stereocenters. The first-order valence-corrected chi connectivity index (χ1v) is 9.71. The molecule has 1 fully saturated rings. The molecule has 4 aromatic heterocycles. The Kier molecular flexibility index (Phi) is 4.24. The van der Waals surface area contributed by atoms with Gasteiger partial charge in [0.2, 0.25) is 5.82 Å². The number of hydrogen-bond acceptors (Lipinski definition) is 7. The van der Waals surface area contributed by atoms with Crippen molar-refractivity contribution in [3.05, 3.63) is 60.1 Å². The molecule has 148 valence electrons. The molecule has 5 rings (SSSR count). The lowest BCUT2D eigenvalue weighted by Gasteiger charge is -2.34. The molecule has 0 amide bonds. The van der Waals surface area contributed by atoms with E-state index < -0.39 is 5.54 Å². The van der Waals surface area contributed by atoms with Crippen LogP contribution in [0.3, 0.4) is 0 Å². The van der Waals surface area contributed by atoms with Gasteiger partial charge in [-0.15, -0.1) is 0 Å². The Morgan fingerprint density at radius 1 is 1.17 bits per heavy atom. The summed E-state index contributed by atoms with van der Waals surface area (Å²) in [6.45, 7) is 5.72. The minimum absolute atomic E-state index is 0.420. The molecule has 1 saturated heterocycles. The second-order valence-corrected chi connectivity index (χ2v) is 7.40. The number of nitrogens with one attached hydrogen (secondary N) is 1. The Morgan fingerprint density at radius 2 is 2.03 bits per heavy atom. The smallest absolute Gasteiger partial charge is 0.255 e. The fourth-order valence-corrected chi connectivity index (χ4v) is 3.94.